The van der Waals surface area contributed by atoms with E-state index in [1.807, 2.05) is 66.5 Å². The van der Waals surface area contributed by atoms with Crippen LogP contribution in [0.5, 0.6) is 17.4 Å². The minimum Gasteiger partial charge on any atom is -0.493 e. The van der Waals surface area contributed by atoms with Crippen molar-refractivity contribution in [3.63, 3.8) is 0 Å². The first-order chi connectivity index (χ1) is 16.1. The molecule has 1 aliphatic rings. The van der Waals surface area contributed by atoms with E-state index in [0.29, 0.717) is 36.4 Å². The van der Waals surface area contributed by atoms with Crippen LogP contribution in [0.3, 0.4) is 0 Å². The molecule has 0 atom stereocenters. The maximum Gasteiger partial charge on any atom is 0.317 e. The summed E-state index contributed by atoms with van der Waals surface area (Å²) in [6.07, 6.45) is 3.23. The minimum atomic E-state index is -0.0464. The van der Waals surface area contributed by atoms with Crippen molar-refractivity contribution in [3.05, 3.63) is 60.2 Å². The fourth-order valence-electron chi connectivity index (χ4n) is 3.82. The molecule has 2 amide bonds. The molecule has 0 radical (unpaired) electrons. The molecular formula is C26H32N4O3. The zero-order valence-electron chi connectivity index (χ0n) is 19.6. The quantitative estimate of drug-likeness (QED) is 0.462. The van der Waals surface area contributed by atoms with Gasteiger partial charge in [0.15, 0.2) is 11.5 Å². The lowest BCUT2D eigenvalue weighted by molar-refractivity contribution is 0.192. The summed E-state index contributed by atoms with van der Waals surface area (Å²) < 4.78 is 13.6. The highest BCUT2D eigenvalue weighted by atomic mass is 16.5. The molecule has 1 aliphatic carbocycles. The number of ether oxygens (including phenoxy) is 2. The molecule has 3 aromatic rings. The molecule has 7 nitrogen and oxygen atoms in total. The lowest BCUT2D eigenvalue weighted by Crippen LogP contribution is -2.41. The molecule has 33 heavy (non-hydrogen) atoms. The van der Waals surface area contributed by atoms with Gasteiger partial charge in [-0.3, -0.25) is 0 Å². The third kappa shape index (κ3) is 5.48. The van der Waals surface area contributed by atoms with Gasteiger partial charge in [0, 0.05) is 25.7 Å². The molecule has 1 fully saturated rings. The number of hydrogen-bond donors (Lipinski definition) is 1. The summed E-state index contributed by atoms with van der Waals surface area (Å²) in [5.41, 5.74) is 2.67. The standard InChI is InChI=1S/C26H32N4O3/c1-4-16-27-26(31)30(17-19-14-15-19)18-21-24(20-10-6-5-7-11-20)28-29(2)25(21)33-23-13-9-8-12-22(23)32-3/h5-13,19H,4,14-18H2,1-3H3,(H,27,31). The second-order valence-corrected chi connectivity index (χ2v) is 8.43. The van der Waals surface area contributed by atoms with Crippen molar-refractivity contribution < 1.29 is 14.3 Å². The summed E-state index contributed by atoms with van der Waals surface area (Å²) in [4.78, 5) is 14.9. The van der Waals surface area contributed by atoms with Crippen molar-refractivity contribution in [2.45, 2.75) is 32.7 Å². The predicted octanol–water partition coefficient (Wildman–Crippen LogP) is 5.22. The van der Waals surface area contributed by atoms with Crippen LogP contribution >= 0.6 is 0 Å². The number of carbonyl (C=O) groups is 1. The van der Waals surface area contributed by atoms with Crippen molar-refractivity contribution in [2.75, 3.05) is 20.2 Å². The van der Waals surface area contributed by atoms with E-state index in [-0.39, 0.29) is 6.03 Å². The smallest absolute Gasteiger partial charge is 0.317 e. The van der Waals surface area contributed by atoms with E-state index in [1.54, 1.807) is 11.8 Å². The number of rotatable bonds is 10. The first kappa shape index (κ1) is 22.7. The van der Waals surface area contributed by atoms with Crippen LogP contribution in [0.15, 0.2) is 54.6 Å². The van der Waals surface area contributed by atoms with Gasteiger partial charge in [-0.1, -0.05) is 49.4 Å². The molecule has 1 aromatic heterocycles. The van der Waals surface area contributed by atoms with Crippen LogP contribution in [0.25, 0.3) is 11.3 Å². The summed E-state index contributed by atoms with van der Waals surface area (Å²) in [6.45, 7) is 3.85. The van der Waals surface area contributed by atoms with Crippen LogP contribution in [0.4, 0.5) is 4.79 Å². The molecule has 1 N–H and O–H groups in total. The molecule has 0 bridgehead atoms. The van der Waals surface area contributed by atoms with Crippen LogP contribution in [-0.4, -0.2) is 40.9 Å². The Morgan fingerprint density at radius 1 is 1.12 bits per heavy atom. The minimum absolute atomic E-state index is 0.0464. The maximum atomic E-state index is 13.0. The summed E-state index contributed by atoms with van der Waals surface area (Å²) in [6, 6.07) is 17.5. The van der Waals surface area contributed by atoms with E-state index in [1.165, 1.54) is 12.8 Å². The van der Waals surface area contributed by atoms with Crippen molar-refractivity contribution >= 4 is 6.03 Å². The number of amides is 2. The molecular weight excluding hydrogens is 416 g/mol. The molecule has 0 aliphatic heterocycles. The highest BCUT2D eigenvalue weighted by molar-refractivity contribution is 5.75. The van der Waals surface area contributed by atoms with E-state index in [4.69, 9.17) is 14.6 Å². The number of benzene rings is 2. The van der Waals surface area contributed by atoms with E-state index < -0.39 is 0 Å². The Kier molecular flexibility index (Phi) is 7.17. The van der Waals surface area contributed by atoms with Gasteiger partial charge >= 0.3 is 6.03 Å². The van der Waals surface area contributed by atoms with E-state index >= 15 is 0 Å². The van der Waals surface area contributed by atoms with E-state index in [0.717, 1.165) is 29.8 Å². The summed E-state index contributed by atoms with van der Waals surface area (Å²) in [7, 11) is 3.49. The number of carbonyl (C=O) groups excluding carboxylic acids is 1. The number of para-hydroxylation sites is 2. The second kappa shape index (κ2) is 10.4. The molecule has 2 aromatic carbocycles. The Morgan fingerprint density at radius 2 is 1.82 bits per heavy atom. The number of nitrogens with zero attached hydrogens (tertiary/aromatic N) is 3. The van der Waals surface area contributed by atoms with Crippen molar-refractivity contribution in [3.8, 4) is 28.6 Å². The van der Waals surface area contributed by atoms with Crippen LogP contribution in [0, 0.1) is 5.92 Å². The maximum absolute atomic E-state index is 13.0. The average molecular weight is 449 g/mol. The Morgan fingerprint density at radius 3 is 2.48 bits per heavy atom. The zero-order chi connectivity index (χ0) is 23.2. The predicted molar refractivity (Wildman–Crippen MR) is 129 cm³/mol. The van der Waals surface area contributed by atoms with Crippen LogP contribution < -0.4 is 14.8 Å². The SMILES string of the molecule is CCCNC(=O)N(Cc1c(-c2ccccc2)nn(C)c1Oc1ccccc1OC)CC1CC1. The van der Waals surface area contributed by atoms with Gasteiger partial charge in [-0.05, 0) is 37.3 Å². The Bertz CT molecular complexity index is 1080. The van der Waals surface area contributed by atoms with E-state index in [9.17, 15) is 4.79 Å². The van der Waals surface area contributed by atoms with Gasteiger partial charge < -0.3 is 19.7 Å². The average Bonchev–Trinajstić information content (AvgIpc) is 3.62. The molecule has 7 heteroatoms. The van der Waals surface area contributed by atoms with Gasteiger partial charge in [0.05, 0.1) is 19.2 Å². The van der Waals surface area contributed by atoms with Crippen LogP contribution in [-0.2, 0) is 13.6 Å². The van der Waals surface area contributed by atoms with Gasteiger partial charge in [0.1, 0.15) is 5.69 Å². The number of nitrogens with one attached hydrogen (secondary N) is 1. The Balaban J connectivity index is 1.73. The van der Waals surface area contributed by atoms with Crippen molar-refractivity contribution in [1.82, 2.24) is 20.0 Å². The third-order valence-corrected chi connectivity index (χ3v) is 5.75. The number of hydrogen-bond acceptors (Lipinski definition) is 4. The Labute approximate surface area is 195 Å². The summed E-state index contributed by atoms with van der Waals surface area (Å²) in [5.74, 6) is 2.41. The number of methoxy groups -OCH3 is 1. The fraction of sp³-hybridized carbons (Fsp3) is 0.385. The highest BCUT2D eigenvalue weighted by Gasteiger charge is 2.30. The van der Waals surface area contributed by atoms with Gasteiger partial charge in [0.25, 0.3) is 0 Å². The number of aryl methyl sites for hydroxylation is 1. The molecule has 0 saturated heterocycles. The largest absolute Gasteiger partial charge is 0.493 e. The molecule has 174 valence electrons. The normalized spacial score (nSPS) is 12.9. The molecule has 1 saturated carbocycles. The van der Waals surface area contributed by atoms with E-state index in [2.05, 4.69) is 12.2 Å². The number of aromatic nitrogens is 2. The monoisotopic (exact) mass is 448 g/mol. The highest BCUT2D eigenvalue weighted by Crippen LogP contribution is 2.38. The van der Waals surface area contributed by atoms with Crippen LogP contribution in [0.1, 0.15) is 31.7 Å². The first-order valence-electron chi connectivity index (χ1n) is 11.6. The number of urea groups is 1. The Hall–Kier alpha value is -3.48. The van der Waals surface area contributed by atoms with Gasteiger partial charge in [0.2, 0.25) is 5.88 Å². The lowest BCUT2D eigenvalue weighted by Gasteiger charge is -2.24. The zero-order valence-corrected chi connectivity index (χ0v) is 19.6. The molecule has 0 spiro atoms. The van der Waals surface area contributed by atoms with Gasteiger partial charge in [-0.2, -0.15) is 5.10 Å². The van der Waals surface area contributed by atoms with Crippen LogP contribution in [0.2, 0.25) is 0 Å². The van der Waals surface area contributed by atoms with Gasteiger partial charge in [-0.25, -0.2) is 9.48 Å². The second-order valence-electron chi connectivity index (χ2n) is 8.43. The summed E-state index contributed by atoms with van der Waals surface area (Å²) >= 11 is 0. The topological polar surface area (TPSA) is 68.6 Å². The van der Waals surface area contributed by atoms with Crippen molar-refractivity contribution in [2.24, 2.45) is 13.0 Å². The lowest BCUT2D eigenvalue weighted by atomic mass is 10.1. The van der Waals surface area contributed by atoms with Gasteiger partial charge in [-0.15, -0.1) is 0 Å². The van der Waals surface area contributed by atoms with Crippen molar-refractivity contribution in [1.29, 1.82) is 0 Å². The molecule has 4 rings (SSSR count). The molecule has 1 heterocycles. The first-order valence-corrected chi connectivity index (χ1v) is 11.6. The third-order valence-electron chi connectivity index (χ3n) is 5.75. The fourth-order valence-corrected chi connectivity index (χ4v) is 3.82. The molecule has 0 unspecified atom stereocenters. The summed E-state index contributed by atoms with van der Waals surface area (Å²) in [5, 5.41) is 7.83.